The van der Waals surface area contributed by atoms with Gasteiger partial charge in [0, 0.05) is 0 Å². The summed E-state index contributed by atoms with van der Waals surface area (Å²) < 4.78 is 10.5. The first-order valence-electron chi connectivity index (χ1n) is 4.52. The van der Waals surface area contributed by atoms with Gasteiger partial charge in [0.05, 0.1) is 12.2 Å². The van der Waals surface area contributed by atoms with Crippen LogP contribution < -0.4 is 4.74 Å². The summed E-state index contributed by atoms with van der Waals surface area (Å²) in [5, 5.41) is 0. The van der Waals surface area contributed by atoms with Gasteiger partial charge in [0.25, 0.3) is 0 Å². The number of para-hydroxylation sites is 1. The van der Waals surface area contributed by atoms with Crippen LogP contribution in [0, 0.1) is 0 Å². The second kappa shape index (κ2) is 4.72. The monoisotopic (exact) mass is 284 g/mol. The van der Waals surface area contributed by atoms with E-state index in [1.807, 2.05) is 31.2 Å². The molecule has 1 heterocycles. The number of benzene rings is 1. The van der Waals surface area contributed by atoms with Crippen LogP contribution in [0.25, 0.3) is 11.4 Å². The van der Waals surface area contributed by atoms with E-state index in [0.29, 0.717) is 12.4 Å². The van der Waals surface area contributed by atoms with Crippen LogP contribution >= 0.6 is 27.5 Å². The lowest BCUT2D eigenvalue weighted by Gasteiger charge is -2.06. The van der Waals surface area contributed by atoms with Gasteiger partial charge in [-0.1, -0.05) is 12.1 Å². The molecule has 2 rings (SSSR count). The Balaban J connectivity index is 2.42. The topological polar surface area (TPSA) is 35.0 Å². The highest BCUT2D eigenvalue weighted by atomic mass is 79.9. The van der Waals surface area contributed by atoms with Crippen LogP contribution in [0.4, 0.5) is 0 Å². The van der Waals surface area contributed by atoms with Crippen LogP contribution in [0.1, 0.15) is 6.92 Å². The van der Waals surface area contributed by atoms with Crippen LogP contribution in [-0.2, 0) is 0 Å². The van der Waals surface area contributed by atoms with Gasteiger partial charge in [-0.2, -0.15) is 4.37 Å². The summed E-state index contributed by atoms with van der Waals surface area (Å²) in [4.78, 5) is 4.27. The van der Waals surface area contributed by atoms with Crippen LogP contribution in [0.5, 0.6) is 5.75 Å². The number of ether oxygens (including phenoxy) is 1. The van der Waals surface area contributed by atoms with Gasteiger partial charge in [-0.15, -0.1) is 0 Å². The molecule has 2 aromatic rings. The van der Waals surface area contributed by atoms with Crippen LogP contribution in [0.3, 0.4) is 0 Å². The summed E-state index contributed by atoms with van der Waals surface area (Å²) in [5.74, 6) is 1.53. The predicted octanol–water partition coefficient (Wildman–Crippen LogP) is 3.37. The number of hydrogen-bond acceptors (Lipinski definition) is 4. The molecule has 0 fully saturated rings. The molecule has 0 aliphatic rings. The molecular weight excluding hydrogens is 276 g/mol. The summed E-state index contributed by atoms with van der Waals surface area (Å²) in [6.07, 6.45) is 0. The Labute approximate surface area is 100 Å². The van der Waals surface area contributed by atoms with Crippen LogP contribution in [-0.4, -0.2) is 16.0 Å². The van der Waals surface area contributed by atoms with E-state index in [2.05, 4.69) is 25.3 Å². The van der Waals surface area contributed by atoms with Gasteiger partial charge in [0.2, 0.25) is 0 Å². The van der Waals surface area contributed by atoms with E-state index < -0.39 is 0 Å². The molecule has 15 heavy (non-hydrogen) atoms. The third-order valence-electron chi connectivity index (χ3n) is 1.83. The normalized spacial score (nSPS) is 10.3. The van der Waals surface area contributed by atoms with Crippen LogP contribution in [0.2, 0.25) is 0 Å². The van der Waals surface area contributed by atoms with E-state index >= 15 is 0 Å². The average molecular weight is 285 g/mol. The molecule has 0 radical (unpaired) electrons. The van der Waals surface area contributed by atoms with E-state index in [-0.39, 0.29) is 0 Å². The number of halogens is 1. The van der Waals surface area contributed by atoms with Crippen molar-refractivity contribution in [3.05, 3.63) is 28.2 Å². The maximum absolute atomic E-state index is 5.51. The lowest BCUT2D eigenvalue weighted by atomic mass is 10.2. The predicted molar refractivity (Wildman–Crippen MR) is 64.2 cm³/mol. The van der Waals surface area contributed by atoms with Gasteiger partial charge >= 0.3 is 0 Å². The largest absolute Gasteiger partial charge is 0.493 e. The van der Waals surface area contributed by atoms with E-state index in [1.165, 1.54) is 11.5 Å². The molecular formula is C10H9BrN2OS. The summed E-state index contributed by atoms with van der Waals surface area (Å²) in [5.41, 5.74) is 0.932. The molecule has 78 valence electrons. The molecule has 1 aromatic carbocycles. The van der Waals surface area contributed by atoms with Crippen molar-refractivity contribution in [2.75, 3.05) is 6.61 Å². The molecule has 0 bridgehead atoms. The molecule has 0 N–H and O–H groups in total. The number of hydrogen-bond donors (Lipinski definition) is 0. The van der Waals surface area contributed by atoms with Gasteiger partial charge in [0.15, 0.2) is 9.74 Å². The molecule has 0 aliphatic heterocycles. The maximum Gasteiger partial charge on any atom is 0.179 e. The fraction of sp³-hybridized carbons (Fsp3) is 0.200. The molecule has 0 amide bonds. The van der Waals surface area contributed by atoms with Gasteiger partial charge in [-0.05, 0) is 46.5 Å². The minimum Gasteiger partial charge on any atom is -0.493 e. The molecule has 5 heteroatoms. The van der Waals surface area contributed by atoms with Gasteiger partial charge in [-0.25, -0.2) is 4.98 Å². The van der Waals surface area contributed by atoms with Crippen molar-refractivity contribution in [3.63, 3.8) is 0 Å². The first-order chi connectivity index (χ1) is 7.31. The lowest BCUT2D eigenvalue weighted by molar-refractivity contribution is 0.341. The average Bonchev–Trinajstić information content (AvgIpc) is 2.66. The second-order valence-electron chi connectivity index (χ2n) is 2.80. The standard InChI is InChI=1S/C10H9BrN2OS/c1-2-14-8-6-4-3-5-7(8)9-12-10(11)15-13-9/h3-6H,2H2,1H3. The number of nitrogens with zero attached hydrogens (tertiary/aromatic N) is 2. The molecule has 0 aliphatic carbocycles. The van der Waals surface area contributed by atoms with Crippen molar-refractivity contribution < 1.29 is 4.74 Å². The highest BCUT2D eigenvalue weighted by molar-refractivity contribution is 9.11. The summed E-state index contributed by atoms with van der Waals surface area (Å²) in [6, 6.07) is 7.77. The van der Waals surface area contributed by atoms with Crippen molar-refractivity contribution in [2.24, 2.45) is 0 Å². The smallest absolute Gasteiger partial charge is 0.179 e. The van der Waals surface area contributed by atoms with Crippen molar-refractivity contribution >= 4 is 27.5 Å². The quantitative estimate of drug-likeness (QED) is 0.867. The Bertz CT molecular complexity index is 458. The zero-order chi connectivity index (χ0) is 10.7. The third kappa shape index (κ3) is 2.35. The van der Waals surface area contributed by atoms with Gasteiger partial charge in [-0.3, -0.25) is 0 Å². The molecule has 1 aromatic heterocycles. The van der Waals surface area contributed by atoms with E-state index in [1.54, 1.807) is 0 Å². The highest BCUT2D eigenvalue weighted by Crippen LogP contribution is 2.29. The molecule has 0 saturated carbocycles. The Hall–Kier alpha value is -0.940. The fourth-order valence-electron chi connectivity index (χ4n) is 1.25. The summed E-state index contributed by atoms with van der Waals surface area (Å²) in [6.45, 7) is 2.60. The molecule has 0 atom stereocenters. The second-order valence-corrected chi connectivity index (χ2v) is 4.83. The van der Waals surface area contributed by atoms with Crippen molar-refractivity contribution in [1.29, 1.82) is 0 Å². The van der Waals surface area contributed by atoms with E-state index in [9.17, 15) is 0 Å². The van der Waals surface area contributed by atoms with Crippen molar-refractivity contribution in [1.82, 2.24) is 9.36 Å². The Morgan fingerprint density at radius 3 is 2.87 bits per heavy atom. The van der Waals surface area contributed by atoms with E-state index in [0.717, 1.165) is 15.2 Å². The lowest BCUT2D eigenvalue weighted by Crippen LogP contribution is -1.94. The zero-order valence-electron chi connectivity index (χ0n) is 8.11. The van der Waals surface area contributed by atoms with Gasteiger partial charge in [0.1, 0.15) is 5.75 Å². The van der Waals surface area contributed by atoms with Crippen molar-refractivity contribution in [3.8, 4) is 17.1 Å². The fourth-order valence-corrected chi connectivity index (χ4v) is 2.06. The Morgan fingerprint density at radius 2 is 2.20 bits per heavy atom. The Morgan fingerprint density at radius 1 is 1.40 bits per heavy atom. The summed E-state index contributed by atoms with van der Waals surface area (Å²) in [7, 11) is 0. The molecule has 3 nitrogen and oxygen atoms in total. The molecule has 0 unspecified atom stereocenters. The maximum atomic E-state index is 5.51. The zero-order valence-corrected chi connectivity index (χ0v) is 10.5. The number of rotatable bonds is 3. The van der Waals surface area contributed by atoms with Crippen molar-refractivity contribution in [2.45, 2.75) is 6.92 Å². The summed E-state index contributed by atoms with van der Waals surface area (Å²) >= 11 is 4.62. The SMILES string of the molecule is CCOc1ccccc1-c1nsc(Br)n1. The highest BCUT2D eigenvalue weighted by Gasteiger charge is 2.09. The molecule has 0 spiro atoms. The first kappa shape index (κ1) is 10.6. The minimum atomic E-state index is 0.641. The first-order valence-corrected chi connectivity index (χ1v) is 6.09. The van der Waals surface area contributed by atoms with Crippen LogP contribution in [0.15, 0.2) is 28.2 Å². The minimum absolute atomic E-state index is 0.641. The Kier molecular flexibility index (Phi) is 3.33. The third-order valence-corrected chi connectivity index (χ3v) is 2.95. The van der Waals surface area contributed by atoms with Gasteiger partial charge < -0.3 is 4.74 Å². The van der Waals surface area contributed by atoms with E-state index in [4.69, 9.17) is 4.74 Å². The molecule has 0 saturated heterocycles. The number of aromatic nitrogens is 2.